The first-order chi connectivity index (χ1) is 13.7. The van der Waals surface area contributed by atoms with Gasteiger partial charge in [-0.05, 0) is 37.0 Å². The summed E-state index contributed by atoms with van der Waals surface area (Å²) in [6, 6.07) is 11.5. The van der Waals surface area contributed by atoms with E-state index in [1.807, 2.05) is 29.7 Å². The Labute approximate surface area is 161 Å². The average Bonchev–Trinajstić information content (AvgIpc) is 3.34. The smallest absolute Gasteiger partial charge is 0.257 e. The van der Waals surface area contributed by atoms with Crippen LogP contribution in [0.15, 0.2) is 47.4 Å². The van der Waals surface area contributed by atoms with Crippen molar-refractivity contribution in [1.82, 2.24) is 9.88 Å². The van der Waals surface area contributed by atoms with E-state index in [0.29, 0.717) is 23.4 Å². The molecule has 0 bridgehead atoms. The van der Waals surface area contributed by atoms with Crippen LogP contribution in [0.4, 0.5) is 0 Å². The summed E-state index contributed by atoms with van der Waals surface area (Å²) < 4.78 is 12.7. The quantitative estimate of drug-likeness (QED) is 0.762. The van der Waals surface area contributed by atoms with Crippen LogP contribution in [-0.4, -0.2) is 17.3 Å². The molecule has 1 atom stereocenters. The lowest BCUT2D eigenvalue weighted by Crippen LogP contribution is -2.32. The van der Waals surface area contributed by atoms with Crippen molar-refractivity contribution in [2.45, 2.75) is 32.4 Å². The van der Waals surface area contributed by atoms with Gasteiger partial charge >= 0.3 is 0 Å². The Morgan fingerprint density at radius 3 is 2.82 bits per heavy atom. The number of hydrogen-bond donors (Lipinski definition) is 1. The molecule has 2 heterocycles. The molecule has 0 saturated heterocycles. The summed E-state index contributed by atoms with van der Waals surface area (Å²) in [7, 11) is 0. The Morgan fingerprint density at radius 1 is 1.21 bits per heavy atom. The fraction of sp³-hybridized carbons (Fsp3) is 0.273. The molecule has 2 aliphatic rings. The van der Waals surface area contributed by atoms with Crippen LogP contribution in [0.2, 0.25) is 0 Å². The van der Waals surface area contributed by atoms with Crippen LogP contribution in [0, 0.1) is 0 Å². The number of rotatable bonds is 3. The van der Waals surface area contributed by atoms with Crippen molar-refractivity contribution in [3.8, 4) is 11.5 Å². The number of aromatic nitrogens is 1. The average molecular weight is 376 g/mol. The van der Waals surface area contributed by atoms with Crippen molar-refractivity contribution in [2.24, 2.45) is 0 Å². The largest absolute Gasteiger partial charge is 0.454 e. The summed E-state index contributed by atoms with van der Waals surface area (Å²) in [5.74, 6) is 0.817. The maximum Gasteiger partial charge on any atom is 0.257 e. The topological polar surface area (TPSA) is 69.6 Å². The lowest BCUT2D eigenvalue weighted by atomic mass is 10.1. The number of carbonyl (C=O) groups excluding carboxylic acids is 1. The lowest BCUT2D eigenvalue weighted by Gasteiger charge is -2.16. The van der Waals surface area contributed by atoms with Gasteiger partial charge in [0.25, 0.3) is 5.91 Å². The molecule has 142 valence electrons. The number of fused-ring (bicyclic) bond motifs is 3. The van der Waals surface area contributed by atoms with Gasteiger partial charge in [-0.25, -0.2) is 0 Å². The minimum atomic E-state index is -0.339. The lowest BCUT2D eigenvalue weighted by molar-refractivity contribution is 0.0935. The maximum absolute atomic E-state index is 13.1. The van der Waals surface area contributed by atoms with Crippen molar-refractivity contribution in [2.75, 3.05) is 6.79 Å². The highest BCUT2D eigenvalue weighted by atomic mass is 16.7. The predicted molar refractivity (Wildman–Crippen MR) is 105 cm³/mol. The van der Waals surface area contributed by atoms with E-state index in [-0.39, 0.29) is 29.7 Å². The van der Waals surface area contributed by atoms with Crippen LogP contribution in [0.25, 0.3) is 10.9 Å². The van der Waals surface area contributed by atoms with Crippen molar-refractivity contribution >= 4 is 16.8 Å². The van der Waals surface area contributed by atoms with E-state index in [4.69, 9.17) is 9.47 Å². The van der Waals surface area contributed by atoms with Crippen LogP contribution in [0.3, 0.4) is 0 Å². The van der Waals surface area contributed by atoms with E-state index in [1.54, 1.807) is 18.3 Å². The number of hydrogen-bond acceptors (Lipinski definition) is 4. The van der Waals surface area contributed by atoms with Gasteiger partial charge in [0.2, 0.25) is 12.2 Å². The molecule has 5 rings (SSSR count). The van der Waals surface area contributed by atoms with Crippen LogP contribution >= 0.6 is 0 Å². The Morgan fingerprint density at radius 2 is 2.00 bits per heavy atom. The highest BCUT2D eigenvalue weighted by molar-refractivity contribution is 5.98. The molecule has 28 heavy (non-hydrogen) atoms. The van der Waals surface area contributed by atoms with Gasteiger partial charge < -0.3 is 19.4 Å². The Bertz CT molecular complexity index is 1170. The third-order valence-corrected chi connectivity index (χ3v) is 5.60. The van der Waals surface area contributed by atoms with Crippen molar-refractivity contribution in [3.63, 3.8) is 0 Å². The highest BCUT2D eigenvalue weighted by Gasteiger charge is 2.26. The van der Waals surface area contributed by atoms with Gasteiger partial charge in [-0.3, -0.25) is 9.59 Å². The number of nitrogens with zero attached hydrogens (tertiary/aromatic N) is 1. The third-order valence-electron chi connectivity index (χ3n) is 5.60. The van der Waals surface area contributed by atoms with Crippen molar-refractivity contribution in [1.29, 1.82) is 0 Å². The van der Waals surface area contributed by atoms with Gasteiger partial charge in [-0.1, -0.05) is 24.3 Å². The normalized spacial score (nSPS) is 17.0. The molecule has 2 aromatic carbocycles. The summed E-state index contributed by atoms with van der Waals surface area (Å²) in [6.45, 7) is 2.74. The predicted octanol–water partition coefficient (Wildman–Crippen LogP) is 3.17. The summed E-state index contributed by atoms with van der Waals surface area (Å²) in [5.41, 5.74) is 2.99. The van der Waals surface area contributed by atoms with E-state index in [2.05, 4.69) is 11.4 Å². The second-order valence-corrected chi connectivity index (χ2v) is 7.14. The molecule has 1 unspecified atom stereocenters. The summed E-state index contributed by atoms with van der Waals surface area (Å²) in [6.07, 6.45) is 3.42. The molecule has 1 amide bonds. The van der Waals surface area contributed by atoms with E-state index in [0.717, 1.165) is 23.9 Å². The molecule has 1 N–H and O–H groups in total. The van der Waals surface area contributed by atoms with Crippen molar-refractivity contribution in [3.05, 3.63) is 69.5 Å². The van der Waals surface area contributed by atoms with E-state index >= 15 is 0 Å². The van der Waals surface area contributed by atoms with Crippen LogP contribution in [0.5, 0.6) is 11.5 Å². The SMILES string of the molecule is CCn1cc(C(=O)NC2CCc3ccccc32)c(=O)c2cc3c(cc21)OCO3. The number of nitrogens with one attached hydrogen (secondary N) is 1. The molecule has 3 aromatic rings. The fourth-order valence-corrected chi connectivity index (χ4v) is 4.15. The number of aryl methyl sites for hydroxylation is 2. The van der Waals surface area contributed by atoms with Gasteiger partial charge in [-0.15, -0.1) is 0 Å². The first kappa shape index (κ1) is 16.9. The molecule has 1 aliphatic carbocycles. The molecule has 6 nitrogen and oxygen atoms in total. The standard InChI is InChI=1S/C22H20N2O4/c1-2-24-11-16(21(25)15-9-19-20(10-18(15)24)28-12-27-19)22(26)23-17-8-7-13-5-3-4-6-14(13)17/h3-6,9-11,17H,2,7-8,12H2,1H3,(H,23,26). The third kappa shape index (κ3) is 2.56. The first-order valence-electron chi connectivity index (χ1n) is 9.51. The van der Waals surface area contributed by atoms with Gasteiger partial charge in [0.15, 0.2) is 11.5 Å². The number of pyridine rings is 1. The summed E-state index contributed by atoms with van der Waals surface area (Å²) in [5, 5.41) is 3.52. The molecule has 0 fully saturated rings. The molecule has 0 spiro atoms. The van der Waals surface area contributed by atoms with Gasteiger partial charge in [0, 0.05) is 18.8 Å². The van der Waals surface area contributed by atoms with E-state index in [1.165, 1.54) is 5.56 Å². The molecule has 6 heteroatoms. The van der Waals surface area contributed by atoms with Crippen LogP contribution < -0.4 is 20.2 Å². The molecular formula is C22H20N2O4. The summed E-state index contributed by atoms with van der Waals surface area (Å²) in [4.78, 5) is 26.1. The maximum atomic E-state index is 13.1. The minimum absolute atomic E-state index is 0.0642. The van der Waals surface area contributed by atoms with Gasteiger partial charge in [0.1, 0.15) is 5.56 Å². The van der Waals surface area contributed by atoms with Crippen molar-refractivity contribution < 1.29 is 14.3 Å². The van der Waals surface area contributed by atoms with Crippen LogP contribution in [0.1, 0.15) is 40.9 Å². The number of ether oxygens (including phenoxy) is 2. The zero-order chi connectivity index (χ0) is 19.3. The number of amides is 1. The summed E-state index contributed by atoms with van der Waals surface area (Å²) >= 11 is 0. The van der Waals surface area contributed by atoms with E-state index < -0.39 is 0 Å². The van der Waals surface area contributed by atoms with Gasteiger partial charge in [-0.2, -0.15) is 0 Å². The van der Waals surface area contributed by atoms with Crippen LogP contribution in [-0.2, 0) is 13.0 Å². The van der Waals surface area contributed by atoms with E-state index in [9.17, 15) is 9.59 Å². The Hall–Kier alpha value is -3.28. The zero-order valence-corrected chi connectivity index (χ0v) is 15.5. The monoisotopic (exact) mass is 376 g/mol. The minimum Gasteiger partial charge on any atom is -0.454 e. The molecular weight excluding hydrogens is 356 g/mol. The second-order valence-electron chi connectivity index (χ2n) is 7.14. The number of carbonyl (C=O) groups is 1. The zero-order valence-electron chi connectivity index (χ0n) is 15.5. The van der Waals surface area contributed by atoms with Gasteiger partial charge in [0.05, 0.1) is 16.9 Å². The molecule has 1 aromatic heterocycles. The Balaban J connectivity index is 1.56. The first-order valence-corrected chi connectivity index (χ1v) is 9.51. The number of benzene rings is 2. The molecule has 0 saturated carbocycles. The molecule has 0 radical (unpaired) electrons. The molecule has 1 aliphatic heterocycles. The second kappa shape index (κ2) is 6.41. The highest BCUT2D eigenvalue weighted by Crippen LogP contribution is 2.35. The fourth-order valence-electron chi connectivity index (χ4n) is 4.15. The Kier molecular flexibility index (Phi) is 3.86.